The van der Waals surface area contributed by atoms with E-state index in [2.05, 4.69) is 21.0 Å². The highest BCUT2D eigenvalue weighted by atomic mass is 79.9. The monoisotopic (exact) mass is 315 g/mol. The zero-order valence-electron chi connectivity index (χ0n) is 11.1. The lowest BCUT2D eigenvalue weighted by Crippen LogP contribution is -2.37. The molecule has 102 valence electrons. The van der Waals surface area contributed by atoms with Gasteiger partial charge < -0.3 is 10.5 Å². The highest BCUT2D eigenvalue weighted by molar-refractivity contribution is 9.10. The molecule has 1 aliphatic rings. The molecule has 2 atom stereocenters. The fourth-order valence-corrected chi connectivity index (χ4v) is 3.66. The second-order valence-electron chi connectivity index (χ2n) is 5.13. The van der Waals surface area contributed by atoms with Crippen molar-refractivity contribution in [2.24, 2.45) is 18.7 Å². The van der Waals surface area contributed by atoms with E-state index in [4.69, 9.17) is 10.5 Å². The first-order chi connectivity index (χ1) is 8.65. The van der Waals surface area contributed by atoms with Crippen molar-refractivity contribution in [3.63, 3.8) is 0 Å². The maximum absolute atomic E-state index is 6.41. The summed E-state index contributed by atoms with van der Waals surface area (Å²) >= 11 is 3.52. The van der Waals surface area contributed by atoms with Gasteiger partial charge in [0.25, 0.3) is 0 Å². The molecule has 1 heterocycles. The average molecular weight is 316 g/mol. The van der Waals surface area contributed by atoms with Crippen LogP contribution in [0.25, 0.3) is 0 Å². The third-order valence-corrected chi connectivity index (χ3v) is 4.60. The Balaban J connectivity index is 2.16. The Labute approximate surface area is 117 Å². The quantitative estimate of drug-likeness (QED) is 0.929. The Morgan fingerprint density at radius 2 is 2.11 bits per heavy atom. The summed E-state index contributed by atoms with van der Waals surface area (Å²) < 4.78 is 8.50. The minimum absolute atomic E-state index is 0.0806. The highest BCUT2D eigenvalue weighted by Gasteiger charge is 2.31. The molecule has 5 heteroatoms. The lowest BCUT2D eigenvalue weighted by Gasteiger charge is -2.33. The van der Waals surface area contributed by atoms with Gasteiger partial charge in [-0.3, -0.25) is 4.68 Å². The number of hydrogen-bond acceptors (Lipinski definition) is 3. The van der Waals surface area contributed by atoms with Gasteiger partial charge in [0, 0.05) is 14.2 Å². The minimum Gasteiger partial charge on any atom is -0.379 e. The molecule has 1 saturated carbocycles. The number of ether oxygens (including phenoxy) is 1. The van der Waals surface area contributed by atoms with Crippen LogP contribution in [-0.2, 0) is 11.8 Å². The number of aromatic nitrogens is 2. The number of rotatable bonds is 4. The van der Waals surface area contributed by atoms with Crippen LogP contribution in [0.4, 0.5) is 0 Å². The third kappa shape index (κ3) is 2.78. The summed E-state index contributed by atoms with van der Waals surface area (Å²) in [6.45, 7) is 0. The van der Waals surface area contributed by atoms with Crippen LogP contribution in [0.5, 0.6) is 0 Å². The number of nitrogens with two attached hydrogens (primary N) is 1. The van der Waals surface area contributed by atoms with E-state index in [1.165, 1.54) is 32.1 Å². The van der Waals surface area contributed by atoms with E-state index in [1.54, 1.807) is 13.3 Å². The second kappa shape index (κ2) is 6.17. The van der Waals surface area contributed by atoms with Gasteiger partial charge >= 0.3 is 0 Å². The topological polar surface area (TPSA) is 53.1 Å². The lowest BCUT2D eigenvalue weighted by molar-refractivity contribution is 0.0154. The maximum Gasteiger partial charge on any atom is 0.0807 e. The number of aryl methyl sites for hydroxylation is 1. The molecule has 0 saturated heterocycles. The molecule has 2 N–H and O–H groups in total. The summed E-state index contributed by atoms with van der Waals surface area (Å²) in [4.78, 5) is 0. The summed E-state index contributed by atoms with van der Waals surface area (Å²) in [6.07, 6.45) is 8.26. The first-order valence-electron chi connectivity index (χ1n) is 6.61. The molecule has 2 rings (SSSR count). The molecule has 2 unspecified atom stereocenters. The van der Waals surface area contributed by atoms with E-state index in [1.807, 2.05) is 11.7 Å². The Morgan fingerprint density at radius 3 is 2.61 bits per heavy atom. The van der Waals surface area contributed by atoms with E-state index >= 15 is 0 Å². The lowest BCUT2D eigenvalue weighted by atomic mass is 9.82. The molecule has 0 aliphatic heterocycles. The van der Waals surface area contributed by atoms with Crippen molar-refractivity contribution in [1.29, 1.82) is 0 Å². The van der Waals surface area contributed by atoms with E-state index < -0.39 is 0 Å². The van der Waals surface area contributed by atoms with E-state index in [-0.39, 0.29) is 12.1 Å². The summed E-state index contributed by atoms with van der Waals surface area (Å²) in [5.74, 6) is 0.570. The van der Waals surface area contributed by atoms with Crippen molar-refractivity contribution in [1.82, 2.24) is 9.78 Å². The average Bonchev–Trinajstić information content (AvgIpc) is 2.71. The van der Waals surface area contributed by atoms with Gasteiger partial charge in [0.05, 0.1) is 28.5 Å². The molecule has 1 aromatic heterocycles. The van der Waals surface area contributed by atoms with Gasteiger partial charge in [-0.15, -0.1) is 0 Å². The van der Waals surface area contributed by atoms with Gasteiger partial charge in [0.2, 0.25) is 0 Å². The second-order valence-corrected chi connectivity index (χ2v) is 5.98. The number of halogens is 1. The van der Waals surface area contributed by atoms with Crippen molar-refractivity contribution in [3.8, 4) is 0 Å². The van der Waals surface area contributed by atoms with Gasteiger partial charge in [-0.2, -0.15) is 5.10 Å². The van der Waals surface area contributed by atoms with Crippen LogP contribution in [0, 0.1) is 5.92 Å². The molecule has 0 spiro atoms. The fraction of sp³-hybridized carbons (Fsp3) is 0.769. The molecule has 1 aliphatic carbocycles. The molecule has 4 nitrogen and oxygen atoms in total. The molecule has 0 aromatic carbocycles. The van der Waals surface area contributed by atoms with Gasteiger partial charge in [-0.05, 0) is 34.7 Å². The summed E-state index contributed by atoms with van der Waals surface area (Å²) in [5.41, 5.74) is 7.43. The van der Waals surface area contributed by atoms with Crippen LogP contribution in [0.3, 0.4) is 0 Å². The molecule has 18 heavy (non-hydrogen) atoms. The maximum atomic E-state index is 6.41. The standard InChI is InChI=1S/C13H22BrN3O/c1-17-12(10(14)8-16-17)11(15)13(18-2)9-6-4-3-5-7-9/h8-9,11,13H,3-7,15H2,1-2H3. The molecule has 0 radical (unpaired) electrons. The number of methoxy groups -OCH3 is 1. The summed E-state index contributed by atoms with van der Waals surface area (Å²) in [7, 11) is 3.69. The van der Waals surface area contributed by atoms with Crippen molar-refractivity contribution < 1.29 is 4.74 Å². The molecular formula is C13H22BrN3O. The Morgan fingerprint density at radius 1 is 1.44 bits per heavy atom. The van der Waals surface area contributed by atoms with Crippen LogP contribution in [0.2, 0.25) is 0 Å². The van der Waals surface area contributed by atoms with Crippen LogP contribution < -0.4 is 5.73 Å². The smallest absolute Gasteiger partial charge is 0.0807 e. The molecular weight excluding hydrogens is 294 g/mol. The summed E-state index contributed by atoms with van der Waals surface area (Å²) in [5, 5.41) is 4.23. The van der Waals surface area contributed by atoms with Gasteiger partial charge in [-0.25, -0.2) is 0 Å². The SMILES string of the molecule is COC(C1CCCCC1)C(N)c1c(Br)cnn1C. The Hall–Kier alpha value is -0.390. The third-order valence-electron chi connectivity index (χ3n) is 3.99. The zero-order valence-corrected chi connectivity index (χ0v) is 12.7. The van der Waals surface area contributed by atoms with Crippen molar-refractivity contribution in [3.05, 3.63) is 16.4 Å². The molecule has 0 amide bonds. The van der Waals surface area contributed by atoms with E-state index in [0.717, 1.165) is 10.2 Å². The van der Waals surface area contributed by atoms with Crippen LogP contribution in [-0.4, -0.2) is 23.0 Å². The first-order valence-corrected chi connectivity index (χ1v) is 7.40. The summed E-state index contributed by atoms with van der Waals surface area (Å²) in [6, 6.07) is -0.125. The zero-order chi connectivity index (χ0) is 13.1. The predicted molar refractivity (Wildman–Crippen MR) is 75.2 cm³/mol. The fourth-order valence-electron chi connectivity index (χ4n) is 3.05. The van der Waals surface area contributed by atoms with Crippen molar-refractivity contribution in [2.45, 2.75) is 44.2 Å². The van der Waals surface area contributed by atoms with E-state index in [9.17, 15) is 0 Å². The van der Waals surface area contributed by atoms with Gasteiger partial charge in [0.1, 0.15) is 0 Å². The Kier molecular flexibility index (Phi) is 4.81. The molecule has 1 aromatic rings. The number of nitrogens with zero attached hydrogens (tertiary/aromatic N) is 2. The largest absolute Gasteiger partial charge is 0.379 e. The van der Waals surface area contributed by atoms with Gasteiger partial charge in [0.15, 0.2) is 0 Å². The minimum atomic E-state index is -0.125. The number of hydrogen-bond donors (Lipinski definition) is 1. The molecule has 0 bridgehead atoms. The predicted octanol–water partition coefficient (Wildman–Crippen LogP) is 2.78. The van der Waals surface area contributed by atoms with Crippen LogP contribution in [0.1, 0.15) is 43.8 Å². The first kappa shape index (κ1) is 14.0. The van der Waals surface area contributed by atoms with Gasteiger partial charge in [-0.1, -0.05) is 19.3 Å². The molecule has 1 fully saturated rings. The Bertz CT molecular complexity index is 368. The highest BCUT2D eigenvalue weighted by Crippen LogP contribution is 2.34. The normalized spacial score (nSPS) is 20.9. The van der Waals surface area contributed by atoms with Crippen LogP contribution >= 0.6 is 15.9 Å². The van der Waals surface area contributed by atoms with Crippen molar-refractivity contribution >= 4 is 15.9 Å². The van der Waals surface area contributed by atoms with E-state index in [0.29, 0.717) is 5.92 Å². The van der Waals surface area contributed by atoms with Crippen LogP contribution in [0.15, 0.2) is 10.7 Å². The van der Waals surface area contributed by atoms with Crippen molar-refractivity contribution in [2.75, 3.05) is 7.11 Å².